The first-order valence-corrected chi connectivity index (χ1v) is 8.77. The summed E-state index contributed by atoms with van der Waals surface area (Å²) in [5.74, 6) is -0.174. The summed E-state index contributed by atoms with van der Waals surface area (Å²) >= 11 is 0. The van der Waals surface area contributed by atoms with Crippen molar-refractivity contribution in [3.05, 3.63) is 5.32 Å². The third-order valence-electron chi connectivity index (χ3n) is 3.46. The Bertz CT molecular complexity index is 338. The van der Waals surface area contributed by atoms with E-state index in [1.807, 2.05) is 0 Å². The summed E-state index contributed by atoms with van der Waals surface area (Å²) in [5.41, 5.74) is -0.983. The zero-order chi connectivity index (χ0) is 19.0. The molecule has 1 unspecified atom stereocenters. The summed E-state index contributed by atoms with van der Waals surface area (Å²) in [6.45, 7) is 8.90. The minimum absolute atomic E-state index is 0. The zero-order valence-corrected chi connectivity index (χ0v) is 19.4. The fraction of sp³-hybridized carbons (Fsp3) is 0.941. The monoisotopic (exact) mass is 454 g/mol. The smallest absolute Gasteiger partial charge is 0.219 e. The maximum atomic E-state index is 14.1. The van der Waals surface area contributed by atoms with Crippen LogP contribution in [0.3, 0.4) is 0 Å². The molecule has 0 bridgehead atoms. The van der Waals surface area contributed by atoms with Gasteiger partial charge < -0.3 is 29.6 Å². The number of carbonyl (C=O) groups excluding carboxylic acids is 1. The molecule has 0 aliphatic heterocycles. The SMILES string of the molecule is CCC(=O)NCC(F)C(C)(C)OCCOCCOCCOCC[N-]C.[Y]. The maximum absolute atomic E-state index is 14.1. The quantitative estimate of drug-likeness (QED) is 0.339. The number of nitrogens with one attached hydrogen (secondary N) is 1. The van der Waals surface area contributed by atoms with E-state index in [2.05, 4.69) is 10.6 Å². The molecule has 0 saturated carbocycles. The molecular weight excluding hydrogens is 420 g/mol. The Morgan fingerprint density at radius 3 is 2.04 bits per heavy atom. The number of amides is 1. The second-order valence-corrected chi connectivity index (χ2v) is 5.95. The minimum atomic E-state index is -1.29. The molecule has 0 aliphatic rings. The van der Waals surface area contributed by atoms with Gasteiger partial charge in [-0.05, 0) is 13.8 Å². The predicted octanol–water partition coefficient (Wildman–Crippen LogP) is 1.70. The average Bonchev–Trinajstić information content (AvgIpc) is 2.60. The third-order valence-corrected chi connectivity index (χ3v) is 3.46. The summed E-state index contributed by atoms with van der Waals surface area (Å²) in [6, 6.07) is 0. The molecule has 0 aromatic rings. The summed E-state index contributed by atoms with van der Waals surface area (Å²) < 4.78 is 35.6. The molecule has 0 fully saturated rings. The molecule has 0 aromatic carbocycles. The molecule has 1 radical (unpaired) electrons. The molecule has 0 heterocycles. The number of alkyl halides is 1. The van der Waals surface area contributed by atoms with Crippen molar-refractivity contribution in [2.45, 2.75) is 39.0 Å². The van der Waals surface area contributed by atoms with Gasteiger partial charge in [-0.25, -0.2) is 4.39 Å². The summed E-state index contributed by atoms with van der Waals surface area (Å²) in [4.78, 5) is 11.2. The first-order valence-electron chi connectivity index (χ1n) is 8.77. The van der Waals surface area contributed by atoms with Crippen LogP contribution in [-0.2, 0) is 56.5 Å². The van der Waals surface area contributed by atoms with Crippen LogP contribution >= 0.6 is 0 Å². The van der Waals surface area contributed by atoms with Crippen LogP contribution in [-0.4, -0.2) is 84.1 Å². The van der Waals surface area contributed by atoms with Gasteiger partial charge >= 0.3 is 0 Å². The molecule has 0 saturated heterocycles. The van der Waals surface area contributed by atoms with E-state index in [0.717, 1.165) is 0 Å². The molecule has 0 spiro atoms. The molecule has 1 N–H and O–H groups in total. The van der Waals surface area contributed by atoms with E-state index in [9.17, 15) is 9.18 Å². The van der Waals surface area contributed by atoms with E-state index < -0.39 is 11.8 Å². The number of ether oxygens (including phenoxy) is 4. The molecule has 1 amide bonds. The fourth-order valence-electron chi connectivity index (χ4n) is 1.73. The number of rotatable bonds is 17. The van der Waals surface area contributed by atoms with Crippen molar-refractivity contribution in [3.63, 3.8) is 0 Å². The predicted molar refractivity (Wildman–Crippen MR) is 94.8 cm³/mol. The first kappa shape index (κ1) is 28.5. The maximum Gasteiger partial charge on any atom is 0.219 e. The second kappa shape index (κ2) is 18.7. The average molecular weight is 454 g/mol. The Hall–Kier alpha value is 0.304. The number of halogens is 1. The molecule has 26 heavy (non-hydrogen) atoms. The second-order valence-electron chi connectivity index (χ2n) is 5.95. The van der Waals surface area contributed by atoms with Crippen LogP contribution in [0.2, 0.25) is 0 Å². The van der Waals surface area contributed by atoms with Crippen LogP contribution in [0.1, 0.15) is 27.2 Å². The van der Waals surface area contributed by atoms with Crippen LogP contribution in [0.15, 0.2) is 0 Å². The van der Waals surface area contributed by atoms with E-state index in [1.165, 1.54) is 0 Å². The topological polar surface area (TPSA) is 80.1 Å². The largest absolute Gasteiger partial charge is 0.663 e. The molecule has 0 aromatic heterocycles. The van der Waals surface area contributed by atoms with Crippen molar-refractivity contribution in [2.24, 2.45) is 0 Å². The van der Waals surface area contributed by atoms with Crippen LogP contribution in [0.25, 0.3) is 5.32 Å². The van der Waals surface area contributed by atoms with Crippen LogP contribution in [0, 0.1) is 0 Å². The number of likely N-dealkylation sites (N-methyl/N-ethyl adjacent to an activating group) is 1. The van der Waals surface area contributed by atoms with Gasteiger partial charge in [-0.15, -0.1) is 6.54 Å². The van der Waals surface area contributed by atoms with Gasteiger partial charge in [0, 0.05) is 45.7 Å². The number of nitrogens with zero attached hydrogens (tertiary/aromatic N) is 1. The number of carbonyl (C=O) groups is 1. The van der Waals surface area contributed by atoms with Gasteiger partial charge in [0.25, 0.3) is 0 Å². The van der Waals surface area contributed by atoms with E-state index in [0.29, 0.717) is 52.6 Å². The van der Waals surface area contributed by atoms with Crippen molar-refractivity contribution in [2.75, 3.05) is 66.4 Å². The number of hydrogen-bond donors (Lipinski definition) is 1. The van der Waals surface area contributed by atoms with E-state index >= 15 is 0 Å². The van der Waals surface area contributed by atoms with E-state index in [-0.39, 0.29) is 51.8 Å². The third kappa shape index (κ3) is 16.5. The van der Waals surface area contributed by atoms with Gasteiger partial charge in [0.1, 0.15) is 6.17 Å². The van der Waals surface area contributed by atoms with Gasteiger partial charge in [0.05, 0.1) is 51.8 Å². The van der Waals surface area contributed by atoms with Gasteiger partial charge in [0.2, 0.25) is 5.91 Å². The van der Waals surface area contributed by atoms with Crippen LogP contribution in [0.5, 0.6) is 0 Å². The molecular formula is C17H34FN2O5Y-. The van der Waals surface area contributed by atoms with E-state index in [4.69, 9.17) is 18.9 Å². The molecule has 1 atom stereocenters. The van der Waals surface area contributed by atoms with E-state index in [1.54, 1.807) is 27.8 Å². The number of hydrogen-bond acceptors (Lipinski definition) is 5. The van der Waals surface area contributed by atoms with Crippen molar-refractivity contribution in [3.8, 4) is 0 Å². The fourth-order valence-corrected chi connectivity index (χ4v) is 1.73. The van der Waals surface area contributed by atoms with Gasteiger partial charge in [-0.2, -0.15) is 7.05 Å². The Morgan fingerprint density at radius 2 is 1.54 bits per heavy atom. The first-order chi connectivity index (χ1) is 11.9. The van der Waals surface area contributed by atoms with Crippen molar-refractivity contribution < 1.29 is 60.8 Å². The Kier molecular flexibility index (Phi) is 20.5. The minimum Gasteiger partial charge on any atom is -0.663 e. The Labute approximate surface area is 182 Å². The molecule has 0 aliphatic carbocycles. The van der Waals surface area contributed by atoms with Crippen molar-refractivity contribution in [1.82, 2.24) is 5.32 Å². The molecule has 0 rings (SSSR count). The Balaban J connectivity index is 0. The summed E-state index contributed by atoms with van der Waals surface area (Å²) in [5, 5.41) is 6.45. The van der Waals surface area contributed by atoms with Gasteiger partial charge in [-0.3, -0.25) is 4.79 Å². The standard InChI is InChI=1S/C17H34FN2O5.Y/c1-5-16(21)20-14-15(18)17(2,3)25-13-12-24-11-10-23-9-8-22-7-6-19-4;/h15H,5-14H2,1-4H3,(H,20,21);/q-1;. The van der Waals surface area contributed by atoms with Crippen molar-refractivity contribution >= 4 is 5.91 Å². The normalized spacial score (nSPS) is 12.5. The van der Waals surface area contributed by atoms with Crippen LogP contribution in [0.4, 0.5) is 4.39 Å². The van der Waals surface area contributed by atoms with Gasteiger partial charge in [0.15, 0.2) is 0 Å². The molecule has 9 heteroatoms. The molecule has 153 valence electrons. The Morgan fingerprint density at radius 1 is 1.04 bits per heavy atom. The van der Waals surface area contributed by atoms with Crippen molar-refractivity contribution in [1.29, 1.82) is 0 Å². The van der Waals surface area contributed by atoms with Crippen LogP contribution < -0.4 is 5.32 Å². The zero-order valence-electron chi connectivity index (χ0n) is 16.6. The van der Waals surface area contributed by atoms with Gasteiger partial charge in [-0.1, -0.05) is 6.92 Å². The molecule has 7 nitrogen and oxygen atoms in total. The summed E-state index contributed by atoms with van der Waals surface area (Å²) in [7, 11) is 1.75. The summed E-state index contributed by atoms with van der Waals surface area (Å²) in [6.07, 6.45) is -0.947.